The third-order valence-corrected chi connectivity index (χ3v) is 3.66. The van der Waals surface area contributed by atoms with Crippen LogP contribution in [-0.4, -0.2) is 30.3 Å². The minimum Gasteiger partial charge on any atom is -0.466 e. The zero-order chi connectivity index (χ0) is 14.8. The van der Waals surface area contributed by atoms with E-state index >= 15 is 4.39 Å². The predicted octanol–water partition coefficient (Wildman–Crippen LogP) is 2.12. The standard InChI is InChI=1S/C15H15FO4/c1-20-14(19)15(16,11-7-8-12(17)9-11)13(18)10-5-3-2-4-6-10/h2-6,11H,7-9H2,1H3/t11-,15+/m0/s1. The SMILES string of the molecule is COC(=O)[C@](F)(C(=O)c1ccccc1)[C@H]1CCC(=O)C1. The molecule has 0 N–H and O–H groups in total. The Morgan fingerprint density at radius 2 is 1.95 bits per heavy atom. The maximum absolute atomic E-state index is 15.2. The van der Waals surface area contributed by atoms with E-state index < -0.39 is 23.3 Å². The van der Waals surface area contributed by atoms with Crippen molar-refractivity contribution in [2.45, 2.75) is 24.9 Å². The molecule has 1 aliphatic carbocycles. The lowest BCUT2D eigenvalue weighted by Gasteiger charge is -2.26. The molecule has 0 aliphatic heterocycles. The summed E-state index contributed by atoms with van der Waals surface area (Å²) in [5.74, 6) is -3.26. The Morgan fingerprint density at radius 3 is 2.45 bits per heavy atom. The molecule has 4 nitrogen and oxygen atoms in total. The number of carbonyl (C=O) groups is 3. The van der Waals surface area contributed by atoms with Gasteiger partial charge in [0.15, 0.2) is 0 Å². The minimum atomic E-state index is -2.79. The van der Waals surface area contributed by atoms with Gasteiger partial charge in [0.05, 0.1) is 7.11 Å². The topological polar surface area (TPSA) is 60.4 Å². The van der Waals surface area contributed by atoms with E-state index in [9.17, 15) is 14.4 Å². The van der Waals surface area contributed by atoms with Gasteiger partial charge in [0.25, 0.3) is 5.67 Å². The molecule has 1 aromatic carbocycles. The van der Waals surface area contributed by atoms with Gasteiger partial charge in [-0.05, 0) is 6.42 Å². The van der Waals surface area contributed by atoms with Gasteiger partial charge < -0.3 is 4.74 Å². The lowest BCUT2D eigenvalue weighted by Crippen LogP contribution is -2.49. The number of rotatable bonds is 4. The smallest absolute Gasteiger partial charge is 0.352 e. The first-order valence-corrected chi connectivity index (χ1v) is 6.39. The normalized spacial score (nSPS) is 21.3. The van der Waals surface area contributed by atoms with E-state index in [0.717, 1.165) is 7.11 Å². The average molecular weight is 278 g/mol. The number of esters is 1. The van der Waals surface area contributed by atoms with Crippen LogP contribution in [0.2, 0.25) is 0 Å². The van der Waals surface area contributed by atoms with E-state index in [1.807, 2.05) is 0 Å². The summed E-state index contributed by atoms with van der Waals surface area (Å²) >= 11 is 0. The molecule has 2 atom stereocenters. The van der Waals surface area contributed by atoms with E-state index in [0.29, 0.717) is 0 Å². The van der Waals surface area contributed by atoms with Gasteiger partial charge in [0, 0.05) is 24.3 Å². The number of hydrogen-bond donors (Lipinski definition) is 0. The van der Waals surface area contributed by atoms with Crippen LogP contribution in [0.1, 0.15) is 29.6 Å². The molecule has 2 rings (SSSR count). The fourth-order valence-corrected chi connectivity index (χ4v) is 2.55. The lowest BCUT2D eigenvalue weighted by atomic mass is 9.81. The highest BCUT2D eigenvalue weighted by Gasteiger charge is 2.56. The number of ketones is 2. The molecule has 0 aromatic heterocycles. The number of carbonyl (C=O) groups excluding carboxylic acids is 3. The molecule has 20 heavy (non-hydrogen) atoms. The molecule has 0 spiro atoms. The first-order valence-electron chi connectivity index (χ1n) is 6.39. The molecule has 0 unspecified atom stereocenters. The summed E-state index contributed by atoms with van der Waals surface area (Å²) in [7, 11) is 1.03. The average Bonchev–Trinajstić information content (AvgIpc) is 2.92. The first-order chi connectivity index (χ1) is 9.50. The summed E-state index contributed by atoms with van der Waals surface area (Å²) in [5, 5.41) is 0. The van der Waals surface area contributed by atoms with E-state index in [1.54, 1.807) is 18.2 Å². The Kier molecular flexibility index (Phi) is 3.97. The monoisotopic (exact) mass is 278 g/mol. The molecule has 5 heteroatoms. The number of ether oxygens (including phenoxy) is 1. The highest BCUT2D eigenvalue weighted by Crippen LogP contribution is 2.38. The van der Waals surface area contributed by atoms with Crippen LogP contribution in [0.5, 0.6) is 0 Å². The Hall–Kier alpha value is -2.04. The summed E-state index contributed by atoms with van der Waals surface area (Å²) < 4.78 is 19.6. The molecule has 0 radical (unpaired) electrons. The van der Waals surface area contributed by atoms with Gasteiger partial charge in [-0.1, -0.05) is 30.3 Å². The third-order valence-electron chi connectivity index (χ3n) is 3.66. The Bertz CT molecular complexity index is 540. The molecule has 0 bridgehead atoms. The fourth-order valence-electron chi connectivity index (χ4n) is 2.55. The molecule has 1 aromatic rings. The molecule has 0 amide bonds. The highest BCUT2D eigenvalue weighted by atomic mass is 19.1. The van der Waals surface area contributed by atoms with Crippen molar-refractivity contribution in [3.8, 4) is 0 Å². The third kappa shape index (κ3) is 2.35. The van der Waals surface area contributed by atoms with Crippen molar-refractivity contribution < 1.29 is 23.5 Å². The predicted molar refractivity (Wildman–Crippen MR) is 69.0 cm³/mol. The van der Waals surface area contributed by atoms with Crippen LogP contribution in [0.25, 0.3) is 0 Å². The van der Waals surface area contributed by atoms with Crippen molar-refractivity contribution in [3.63, 3.8) is 0 Å². The van der Waals surface area contributed by atoms with E-state index in [4.69, 9.17) is 0 Å². The van der Waals surface area contributed by atoms with Gasteiger partial charge in [0.1, 0.15) is 5.78 Å². The molecule has 0 heterocycles. The second-order valence-electron chi connectivity index (χ2n) is 4.88. The van der Waals surface area contributed by atoms with Crippen LogP contribution >= 0.6 is 0 Å². The van der Waals surface area contributed by atoms with Crippen LogP contribution in [0.15, 0.2) is 30.3 Å². The zero-order valence-corrected chi connectivity index (χ0v) is 11.1. The Balaban J connectivity index is 2.39. The number of benzene rings is 1. The number of alkyl halides is 1. The van der Waals surface area contributed by atoms with Crippen LogP contribution < -0.4 is 0 Å². The number of halogens is 1. The van der Waals surface area contributed by atoms with E-state index in [2.05, 4.69) is 4.74 Å². The summed E-state index contributed by atoms with van der Waals surface area (Å²) in [4.78, 5) is 35.5. The van der Waals surface area contributed by atoms with Crippen molar-refractivity contribution in [1.82, 2.24) is 0 Å². The first kappa shape index (κ1) is 14.4. The van der Waals surface area contributed by atoms with Gasteiger partial charge in [-0.15, -0.1) is 0 Å². The minimum absolute atomic E-state index is 0.0970. The molecular formula is C15H15FO4. The number of methoxy groups -OCH3 is 1. The maximum atomic E-state index is 15.2. The van der Waals surface area contributed by atoms with Crippen LogP contribution in [0.3, 0.4) is 0 Å². The van der Waals surface area contributed by atoms with Crippen molar-refractivity contribution in [2.75, 3.05) is 7.11 Å². The Labute approximate surface area is 115 Å². The molecular weight excluding hydrogens is 263 g/mol. The quantitative estimate of drug-likeness (QED) is 0.481. The zero-order valence-electron chi connectivity index (χ0n) is 11.1. The summed E-state index contributed by atoms with van der Waals surface area (Å²) in [5.41, 5.74) is -2.69. The molecule has 1 fully saturated rings. The lowest BCUT2D eigenvalue weighted by molar-refractivity contribution is -0.154. The second kappa shape index (κ2) is 5.53. The second-order valence-corrected chi connectivity index (χ2v) is 4.88. The summed E-state index contributed by atoms with van der Waals surface area (Å²) in [6.45, 7) is 0. The van der Waals surface area contributed by atoms with Crippen LogP contribution in [0, 0.1) is 5.92 Å². The van der Waals surface area contributed by atoms with Crippen molar-refractivity contribution in [3.05, 3.63) is 35.9 Å². The fraction of sp³-hybridized carbons (Fsp3) is 0.400. The molecule has 106 valence electrons. The van der Waals surface area contributed by atoms with Gasteiger partial charge in [0.2, 0.25) is 5.78 Å². The van der Waals surface area contributed by atoms with E-state index in [-0.39, 0.29) is 30.6 Å². The van der Waals surface area contributed by atoms with Gasteiger partial charge >= 0.3 is 5.97 Å². The molecule has 0 saturated heterocycles. The maximum Gasteiger partial charge on any atom is 0.352 e. The Morgan fingerprint density at radius 1 is 1.30 bits per heavy atom. The molecule has 1 aliphatic rings. The van der Waals surface area contributed by atoms with Gasteiger partial charge in [-0.25, -0.2) is 9.18 Å². The van der Waals surface area contributed by atoms with Crippen molar-refractivity contribution >= 4 is 17.5 Å². The van der Waals surface area contributed by atoms with E-state index in [1.165, 1.54) is 12.1 Å². The van der Waals surface area contributed by atoms with Gasteiger partial charge in [-0.2, -0.15) is 0 Å². The largest absolute Gasteiger partial charge is 0.466 e. The van der Waals surface area contributed by atoms with Crippen molar-refractivity contribution in [2.24, 2.45) is 5.92 Å². The van der Waals surface area contributed by atoms with Crippen LogP contribution in [-0.2, 0) is 14.3 Å². The van der Waals surface area contributed by atoms with Crippen molar-refractivity contribution in [1.29, 1.82) is 0 Å². The summed E-state index contributed by atoms with van der Waals surface area (Å²) in [6.07, 6.45) is 0.266. The highest BCUT2D eigenvalue weighted by molar-refractivity contribution is 6.16. The van der Waals surface area contributed by atoms with Gasteiger partial charge in [-0.3, -0.25) is 9.59 Å². The molecule has 1 saturated carbocycles. The number of hydrogen-bond acceptors (Lipinski definition) is 4. The summed E-state index contributed by atoms with van der Waals surface area (Å²) in [6, 6.07) is 7.75. The van der Waals surface area contributed by atoms with Crippen LogP contribution in [0.4, 0.5) is 4.39 Å². The number of Topliss-reactive ketones (excluding diaryl/α,β-unsaturated/α-hetero) is 2.